The van der Waals surface area contributed by atoms with E-state index in [1.54, 1.807) is 0 Å². The van der Waals surface area contributed by atoms with Gasteiger partial charge < -0.3 is 21.1 Å². The maximum absolute atomic E-state index is 12.7. The predicted octanol–water partition coefficient (Wildman–Crippen LogP) is 0.823. The molecule has 1 aromatic rings. The summed E-state index contributed by atoms with van der Waals surface area (Å²) < 4.78 is 0. The normalized spacial score (nSPS) is 20.2. The molecule has 1 aromatic carbocycles. The van der Waals surface area contributed by atoms with Gasteiger partial charge >= 0.3 is 0 Å². The second-order valence-electron chi connectivity index (χ2n) is 7.73. The Kier molecular flexibility index (Phi) is 6.19. The Morgan fingerprint density at radius 3 is 2.56 bits per heavy atom. The standard InChI is InChI=1S/C19H29N3O3/c1-19(2,3)21-17(24)15-10-7-11-22(15)18(25)16(23)14(20)12-13-8-5-4-6-9-13/h4-6,8-9,14-16,23H,7,10-12,20H2,1-3H3,(H,21,24)/t14-,15-,16-/m0/s1. The highest BCUT2D eigenvalue weighted by Crippen LogP contribution is 2.20. The fraction of sp³-hybridized carbons (Fsp3) is 0.579. The molecule has 4 N–H and O–H groups in total. The number of carbonyl (C=O) groups excluding carboxylic acids is 2. The van der Waals surface area contributed by atoms with Gasteiger partial charge in [0.15, 0.2) is 0 Å². The fourth-order valence-electron chi connectivity index (χ4n) is 3.11. The van der Waals surface area contributed by atoms with E-state index in [1.165, 1.54) is 4.90 Å². The molecule has 0 spiro atoms. The van der Waals surface area contributed by atoms with Gasteiger partial charge in [0.25, 0.3) is 5.91 Å². The lowest BCUT2D eigenvalue weighted by Gasteiger charge is -2.30. The van der Waals surface area contributed by atoms with Gasteiger partial charge in [-0.15, -0.1) is 0 Å². The summed E-state index contributed by atoms with van der Waals surface area (Å²) >= 11 is 0. The second kappa shape index (κ2) is 7.97. The minimum absolute atomic E-state index is 0.179. The average molecular weight is 347 g/mol. The molecule has 0 bridgehead atoms. The van der Waals surface area contributed by atoms with Crippen molar-refractivity contribution in [2.75, 3.05) is 6.54 Å². The largest absolute Gasteiger partial charge is 0.382 e. The van der Waals surface area contributed by atoms with Crippen LogP contribution in [-0.4, -0.2) is 52.1 Å². The Labute approximate surface area is 149 Å². The summed E-state index contributed by atoms with van der Waals surface area (Å²) in [6, 6.07) is 8.26. The van der Waals surface area contributed by atoms with Crippen molar-refractivity contribution in [3.8, 4) is 0 Å². The number of nitrogens with zero attached hydrogens (tertiary/aromatic N) is 1. The highest BCUT2D eigenvalue weighted by molar-refractivity contribution is 5.90. The molecule has 6 nitrogen and oxygen atoms in total. The van der Waals surface area contributed by atoms with Gasteiger partial charge in [-0.1, -0.05) is 30.3 Å². The van der Waals surface area contributed by atoms with Crippen LogP contribution in [0, 0.1) is 0 Å². The summed E-state index contributed by atoms with van der Waals surface area (Å²) in [5.74, 6) is -0.642. The van der Waals surface area contributed by atoms with Crippen LogP contribution in [0.4, 0.5) is 0 Å². The van der Waals surface area contributed by atoms with Crippen LogP contribution in [0.2, 0.25) is 0 Å². The maximum atomic E-state index is 12.7. The lowest BCUT2D eigenvalue weighted by atomic mass is 10.0. The Morgan fingerprint density at radius 1 is 1.32 bits per heavy atom. The van der Waals surface area contributed by atoms with Gasteiger partial charge in [-0.25, -0.2) is 0 Å². The third-order valence-corrected chi connectivity index (χ3v) is 4.31. The first-order valence-corrected chi connectivity index (χ1v) is 8.79. The number of rotatable bonds is 5. The van der Waals surface area contributed by atoms with Crippen molar-refractivity contribution >= 4 is 11.8 Å². The van der Waals surface area contributed by atoms with Crippen LogP contribution in [0.3, 0.4) is 0 Å². The van der Waals surface area contributed by atoms with Crippen molar-refractivity contribution in [2.45, 2.75) is 63.8 Å². The molecule has 6 heteroatoms. The lowest BCUT2D eigenvalue weighted by Crippen LogP contribution is -2.55. The first-order chi connectivity index (χ1) is 11.7. The van der Waals surface area contributed by atoms with Crippen LogP contribution in [0.25, 0.3) is 0 Å². The van der Waals surface area contributed by atoms with Gasteiger partial charge in [0.2, 0.25) is 5.91 Å². The van der Waals surface area contributed by atoms with Gasteiger partial charge in [0.1, 0.15) is 12.1 Å². The highest BCUT2D eigenvalue weighted by Gasteiger charge is 2.39. The number of amides is 2. The number of carbonyl (C=O) groups is 2. The molecule has 0 aromatic heterocycles. The quantitative estimate of drug-likeness (QED) is 0.735. The van der Waals surface area contributed by atoms with E-state index >= 15 is 0 Å². The van der Waals surface area contributed by atoms with Crippen molar-refractivity contribution in [3.63, 3.8) is 0 Å². The van der Waals surface area contributed by atoms with Crippen LogP contribution in [-0.2, 0) is 16.0 Å². The molecule has 3 atom stereocenters. The zero-order valence-corrected chi connectivity index (χ0v) is 15.2. The summed E-state index contributed by atoms with van der Waals surface area (Å²) in [6.45, 7) is 6.17. The molecule has 1 aliphatic heterocycles. The molecule has 2 rings (SSSR count). The van der Waals surface area contributed by atoms with E-state index in [2.05, 4.69) is 5.32 Å². The number of likely N-dealkylation sites (tertiary alicyclic amines) is 1. The molecule has 0 aliphatic carbocycles. The minimum atomic E-state index is -1.32. The van der Waals surface area contributed by atoms with Gasteiger partial charge in [0.05, 0.1) is 0 Å². The average Bonchev–Trinajstić information content (AvgIpc) is 3.02. The summed E-state index contributed by atoms with van der Waals surface area (Å²) in [6.07, 6.45) is 0.437. The minimum Gasteiger partial charge on any atom is -0.382 e. The molecule has 138 valence electrons. The molecule has 0 unspecified atom stereocenters. The number of hydrogen-bond donors (Lipinski definition) is 3. The molecule has 1 heterocycles. The third-order valence-electron chi connectivity index (χ3n) is 4.31. The van der Waals surface area contributed by atoms with Crippen molar-refractivity contribution in [3.05, 3.63) is 35.9 Å². The molecule has 0 saturated carbocycles. The lowest BCUT2D eigenvalue weighted by molar-refractivity contribution is -0.146. The Bertz CT molecular complexity index is 598. The third kappa shape index (κ3) is 5.28. The molecule has 1 aliphatic rings. The maximum Gasteiger partial charge on any atom is 0.253 e. The predicted molar refractivity (Wildman–Crippen MR) is 96.8 cm³/mol. The van der Waals surface area contributed by atoms with E-state index in [-0.39, 0.29) is 11.4 Å². The topological polar surface area (TPSA) is 95.7 Å². The molecular weight excluding hydrogens is 318 g/mol. The van der Waals surface area contributed by atoms with Crippen molar-refractivity contribution in [1.82, 2.24) is 10.2 Å². The molecule has 1 saturated heterocycles. The zero-order chi connectivity index (χ0) is 18.6. The highest BCUT2D eigenvalue weighted by atomic mass is 16.3. The summed E-state index contributed by atoms with van der Waals surface area (Å²) in [5, 5.41) is 13.3. The van der Waals surface area contributed by atoms with Gasteiger partial charge in [0, 0.05) is 18.1 Å². The smallest absolute Gasteiger partial charge is 0.253 e. The Hall–Kier alpha value is -1.92. The van der Waals surface area contributed by atoms with Gasteiger partial charge in [-0.05, 0) is 45.6 Å². The fourth-order valence-corrected chi connectivity index (χ4v) is 3.11. The van der Waals surface area contributed by atoms with E-state index in [0.717, 1.165) is 12.0 Å². The Morgan fingerprint density at radius 2 is 1.96 bits per heavy atom. The van der Waals surface area contributed by atoms with E-state index in [4.69, 9.17) is 5.73 Å². The monoisotopic (exact) mass is 347 g/mol. The molecule has 0 radical (unpaired) electrons. The first-order valence-electron chi connectivity index (χ1n) is 8.79. The number of nitrogens with one attached hydrogen (secondary N) is 1. The van der Waals surface area contributed by atoms with E-state index in [1.807, 2.05) is 51.1 Å². The number of benzene rings is 1. The SMILES string of the molecule is CC(C)(C)NC(=O)[C@@H]1CCCN1C(=O)[C@@H](O)[C@@H](N)Cc1ccccc1. The first kappa shape index (κ1) is 19.4. The van der Waals surface area contributed by atoms with Gasteiger partial charge in [-0.3, -0.25) is 9.59 Å². The second-order valence-corrected chi connectivity index (χ2v) is 7.73. The van der Waals surface area contributed by atoms with Crippen LogP contribution in [0.1, 0.15) is 39.2 Å². The van der Waals surface area contributed by atoms with E-state index in [0.29, 0.717) is 19.4 Å². The molecule has 2 amide bonds. The van der Waals surface area contributed by atoms with Crippen molar-refractivity contribution in [1.29, 1.82) is 0 Å². The number of hydrogen-bond acceptors (Lipinski definition) is 4. The van der Waals surface area contributed by atoms with E-state index < -0.39 is 24.1 Å². The number of aliphatic hydroxyl groups excluding tert-OH is 1. The zero-order valence-electron chi connectivity index (χ0n) is 15.2. The molecule has 1 fully saturated rings. The Balaban J connectivity index is 2.01. The van der Waals surface area contributed by atoms with Crippen molar-refractivity contribution in [2.24, 2.45) is 5.73 Å². The summed E-state index contributed by atoms with van der Waals surface area (Å²) in [7, 11) is 0. The van der Waals surface area contributed by atoms with Crippen LogP contribution >= 0.6 is 0 Å². The van der Waals surface area contributed by atoms with E-state index in [9.17, 15) is 14.7 Å². The number of aliphatic hydroxyl groups is 1. The van der Waals surface area contributed by atoms with Crippen molar-refractivity contribution < 1.29 is 14.7 Å². The molecule has 25 heavy (non-hydrogen) atoms. The van der Waals surface area contributed by atoms with Crippen LogP contribution in [0.15, 0.2) is 30.3 Å². The van der Waals surface area contributed by atoms with Gasteiger partial charge in [-0.2, -0.15) is 0 Å². The summed E-state index contributed by atoms with van der Waals surface area (Å²) in [4.78, 5) is 26.6. The van der Waals surface area contributed by atoms with Crippen LogP contribution < -0.4 is 11.1 Å². The molecular formula is C19H29N3O3. The summed E-state index contributed by atoms with van der Waals surface area (Å²) in [5.41, 5.74) is 6.64. The van der Waals surface area contributed by atoms with Crippen LogP contribution in [0.5, 0.6) is 0 Å². The number of nitrogens with two attached hydrogens (primary N) is 1.